The molecule has 0 radical (unpaired) electrons. The van der Waals surface area contributed by atoms with Gasteiger partial charge in [-0.25, -0.2) is 0 Å². The van der Waals surface area contributed by atoms with Crippen molar-refractivity contribution in [2.75, 3.05) is 20.8 Å². The van der Waals surface area contributed by atoms with Gasteiger partial charge in [0.1, 0.15) is 23.0 Å². The molecule has 1 saturated carbocycles. The Kier molecular flexibility index (Phi) is 5.11. The van der Waals surface area contributed by atoms with Crippen molar-refractivity contribution >= 4 is 0 Å². The number of furan rings is 1. The van der Waals surface area contributed by atoms with E-state index in [0.29, 0.717) is 30.5 Å². The molecule has 3 atom stereocenters. The highest BCUT2D eigenvalue weighted by Gasteiger charge is 2.36. The number of hydrogen-bond donors (Lipinski definition) is 2. The Hall–Kier alpha value is -1.98. The Balaban J connectivity index is 1.53. The fraction of sp³-hybridized carbons (Fsp3) is 0.474. The van der Waals surface area contributed by atoms with Crippen molar-refractivity contribution in [3.63, 3.8) is 0 Å². The van der Waals surface area contributed by atoms with Gasteiger partial charge in [-0.05, 0) is 42.2 Å². The molecule has 0 saturated heterocycles. The highest BCUT2D eigenvalue weighted by molar-refractivity contribution is 5.39. The van der Waals surface area contributed by atoms with Crippen molar-refractivity contribution in [1.29, 1.82) is 0 Å². The van der Waals surface area contributed by atoms with Gasteiger partial charge >= 0.3 is 0 Å². The Morgan fingerprint density at radius 3 is 2.46 bits per heavy atom. The van der Waals surface area contributed by atoms with E-state index in [4.69, 9.17) is 13.9 Å². The predicted molar refractivity (Wildman–Crippen MR) is 91.4 cm³/mol. The van der Waals surface area contributed by atoms with Gasteiger partial charge in [0.25, 0.3) is 0 Å². The minimum atomic E-state index is -0.646. The standard InChI is InChI=1S/C19H25NO4/c1-12-6-17(12)19-5-4-14(24-19)10-20-11-18(21)13-7-15(22-2)9-16(8-13)23-3/h4-5,7-9,12,17-18,20-21H,6,10-11H2,1-3H3. The van der Waals surface area contributed by atoms with Crippen LogP contribution in [0.3, 0.4) is 0 Å². The van der Waals surface area contributed by atoms with Crippen LogP contribution >= 0.6 is 0 Å². The third-order valence-corrected chi connectivity index (χ3v) is 4.55. The first-order chi connectivity index (χ1) is 11.6. The summed E-state index contributed by atoms with van der Waals surface area (Å²) in [5, 5.41) is 13.6. The van der Waals surface area contributed by atoms with Crippen molar-refractivity contribution in [2.45, 2.75) is 31.9 Å². The third kappa shape index (κ3) is 3.91. The number of benzene rings is 1. The lowest BCUT2D eigenvalue weighted by atomic mass is 10.1. The molecule has 1 aliphatic rings. The van der Waals surface area contributed by atoms with Gasteiger partial charge in [0.2, 0.25) is 0 Å². The molecule has 0 bridgehead atoms. The molecule has 5 heteroatoms. The van der Waals surface area contributed by atoms with E-state index in [2.05, 4.69) is 18.3 Å². The van der Waals surface area contributed by atoms with Crippen LogP contribution in [0.5, 0.6) is 11.5 Å². The maximum atomic E-state index is 10.4. The average molecular weight is 331 g/mol. The summed E-state index contributed by atoms with van der Waals surface area (Å²) < 4.78 is 16.3. The molecule has 5 nitrogen and oxygen atoms in total. The van der Waals surface area contributed by atoms with Gasteiger partial charge in [-0.1, -0.05) is 6.92 Å². The van der Waals surface area contributed by atoms with Crippen LogP contribution in [-0.4, -0.2) is 25.9 Å². The molecule has 1 fully saturated rings. The largest absolute Gasteiger partial charge is 0.497 e. The molecule has 2 N–H and O–H groups in total. The number of aliphatic hydroxyl groups excluding tert-OH is 1. The molecule has 3 rings (SSSR count). The monoisotopic (exact) mass is 331 g/mol. The van der Waals surface area contributed by atoms with Crippen LogP contribution in [0, 0.1) is 5.92 Å². The molecule has 3 unspecified atom stereocenters. The summed E-state index contributed by atoms with van der Waals surface area (Å²) in [6.45, 7) is 3.26. The Morgan fingerprint density at radius 2 is 1.88 bits per heavy atom. The zero-order chi connectivity index (χ0) is 17.1. The van der Waals surface area contributed by atoms with E-state index in [9.17, 15) is 5.11 Å². The molecule has 0 spiro atoms. The second kappa shape index (κ2) is 7.28. The molecule has 1 aromatic heterocycles. The van der Waals surface area contributed by atoms with Crippen LogP contribution in [0.25, 0.3) is 0 Å². The molecule has 0 amide bonds. The van der Waals surface area contributed by atoms with Gasteiger partial charge in [-0.15, -0.1) is 0 Å². The lowest BCUT2D eigenvalue weighted by Gasteiger charge is -2.14. The third-order valence-electron chi connectivity index (χ3n) is 4.55. The minimum absolute atomic E-state index is 0.423. The molecule has 2 aromatic rings. The van der Waals surface area contributed by atoms with Gasteiger partial charge in [0, 0.05) is 18.5 Å². The fourth-order valence-corrected chi connectivity index (χ4v) is 2.88. The topological polar surface area (TPSA) is 63.9 Å². The maximum Gasteiger partial charge on any atom is 0.122 e. The van der Waals surface area contributed by atoms with E-state index in [1.165, 1.54) is 6.42 Å². The summed E-state index contributed by atoms with van der Waals surface area (Å²) in [5.41, 5.74) is 0.755. The summed E-state index contributed by atoms with van der Waals surface area (Å²) in [6.07, 6.45) is 0.573. The summed E-state index contributed by atoms with van der Waals surface area (Å²) in [7, 11) is 3.19. The zero-order valence-corrected chi connectivity index (χ0v) is 14.4. The molecular formula is C19H25NO4. The molecule has 1 aromatic carbocycles. The lowest BCUT2D eigenvalue weighted by molar-refractivity contribution is 0.172. The molecule has 24 heavy (non-hydrogen) atoms. The normalized spacial score (nSPS) is 20.7. The van der Waals surface area contributed by atoms with Crippen molar-refractivity contribution in [3.8, 4) is 11.5 Å². The van der Waals surface area contributed by atoms with E-state index in [1.807, 2.05) is 18.2 Å². The van der Waals surface area contributed by atoms with E-state index < -0.39 is 6.10 Å². The van der Waals surface area contributed by atoms with Crippen LogP contribution in [0.4, 0.5) is 0 Å². The van der Waals surface area contributed by atoms with Crippen LogP contribution in [0.15, 0.2) is 34.7 Å². The quantitative estimate of drug-likeness (QED) is 0.777. The molecule has 1 heterocycles. The number of nitrogens with one attached hydrogen (secondary N) is 1. The summed E-state index contributed by atoms with van der Waals surface area (Å²) in [5.74, 6) is 4.64. The summed E-state index contributed by atoms with van der Waals surface area (Å²) in [4.78, 5) is 0. The number of rotatable bonds is 8. The fourth-order valence-electron chi connectivity index (χ4n) is 2.88. The Bertz CT molecular complexity index is 660. The summed E-state index contributed by atoms with van der Waals surface area (Å²) in [6, 6.07) is 9.48. The number of aliphatic hydroxyl groups is 1. The van der Waals surface area contributed by atoms with Gasteiger partial charge in [-0.3, -0.25) is 0 Å². The number of methoxy groups -OCH3 is 2. The molecular weight excluding hydrogens is 306 g/mol. The van der Waals surface area contributed by atoms with Gasteiger partial charge < -0.3 is 24.3 Å². The van der Waals surface area contributed by atoms with E-state index >= 15 is 0 Å². The van der Waals surface area contributed by atoms with Gasteiger partial charge in [0.15, 0.2) is 0 Å². The first-order valence-corrected chi connectivity index (χ1v) is 8.31. The van der Waals surface area contributed by atoms with E-state index in [0.717, 1.165) is 23.0 Å². The first kappa shape index (κ1) is 16.9. The highest BCUT2D eigenvalue weighted by atomic mass is 16.5. The second-order valence-corrected chi connectivity index (χ2v) is 6.42. The predicted octanol–water partition coefficient (Wildman–Crippen LogP) is 3.24. The zero-order valence-electron chi connectivity index (χ0n) is 14.4. The van der Waals surface area contributed by atoms with Crippen LogP contribution in [0.1, 0.15) is 42.5 Å². The minimum Gasteiger partial charge on any atom is -0.497 e. The van der Waals surface area contributed by atoms with Crippen molar-refractivity contribution in [2.24, 2.45) is 5.92 Å². The van der Waals surface area contributed by atoms with Gasteiger partial charge in [-0.2, -0.15) is 0 Å². The molecule has 1 aliphatic carbocycles. The van der Waals surface area contributed by atoms with Crippen molar-refractivity contribution < 1.29 is 19.0 Å². The average Bonchev–Trinajstić information content (AvgIpc) is 3.15. The Labute approximate surface area is 142 Å². The molecule has 0 aliphatic heterocycles. The van der Waals surface area contributed by atoms with Crippen LogP contribution in [0.2, 0.25) is 0 Å². The van der Waals surface area contributed by atoms with Crippen LogP contribution < -0.4 is 14.8 Å². The van der Waals surface area contributed by atoms with E-state index in [-0.39, 0.29) is 0 Å². The van der Waals surface area contributed by atoms with Crippen molar-refractivity contribution in [3.05, 3.63) is 47.4 Å². The number of ether oxygens (including phenoxy) is 2. The Morgan fingerprint density at radius 1 is 1.21 bits per heavy atom. The smallest absolute Gasteiger partial charge is 0.122 e. The highest BCUT2D eigenvalue weighted by Crippen LogP contribution is 2.47. The molecule has 130 valence electrons. The maximum absolute atomic E-state index is 10.4. The lowest BCUT2D eigenvalue weighted by Crippen LogP contribution is -2.20. The first-order valence-electron chi connectivity index (χ1n) is 8.31. The van der Waals surface area contributed by atoms with E-state index in [1.54, 1.807) is 20.3 Å². The summed E-state index contributed by atoms with van der Waals surface area (Å²) >= 11 is 0. The van der Waals surface area contributed by atoms with Crippen molar-refractivity contribution in [1.82, 2.24) is 5.32 Å². The van der Waals surface area contributed by atoms with Gasteiger partial charge in [0.05, 0.1) is 26.9 Å². The SMILES string of the molecule is COc1cc(OC)cc(C(O)CNCc2ccc(C3CC3C)o2)c1. The van der Waals surface area contributed by atoms with Crippen LogP contribution in [-0.2, 0) is 6.54 Å². The second-order valence-electron chi connectivity index (χ2n) is 6.42. The number of hydrogen-bond acceptors (Lipinski definition) is 5.